The molecule has 2 heterocycles. The number of esters is 1. The molecule has 0 aromatic carbocycles. The summed E-state index contributed by atoms with van der Waals surface area (Å²) in [6, 6.07) is -0.583. The average molecular weight is 381 g/mol. The zero-order chi connectivity index (χ0) is 19.6. The van der Waals surface area contributed by atoms with Crippen LogP contribution >= 0.6 is 11.3 Å². The van der Waals surface area contributed by atoms with Gasteiger partial charge in [-0.15, -0.1) is 11.3 Å². The third kappa shape index (κ3) is 3.31. The first-order valence-electron chi connectivity index (χ1n) is 8.33. The Kier molecular flexibility index (Phi) is 5.70. The summed E-state index contributed by atoms with van der Waals surface area (Å²) < 4.78 is 4.76. The molecule has 0 unspecified atom stereocenters. The zero-order valence-electron chi connectivity index (χ0n) is 15.5. The number of carbonyl (C=O) groups is 4. The molecule has 0 saturated carbocycles. The molecular weight excluding hydrogens is 358 g/mol. The Labute approximate surface area is 155 Å². The number of urea groups is 1. The molecule has 0 radical (unpaired) electrons. The Morgan fingerprint density at radius 3 is 2.35 bits per heavy atom. The summed E-state index contributed by atoms with van der Waals surface area (Å²) >= 11 is 1.24. The molecule has 1 saturated heterocycles. The molecule has 9 heteroatoms. The molecule has 1 aliphatic rings. The molecule has 4 amide bonds. The summed E-state index contributed by atoms with van der Waals surface area (Å²) in [5.41, 5.74) is 0.0603. The number of hydrogen-bond acceptors (Lipinski definition) is 6. The van der Waals surface area contributed by atoms with E-state index < -0.39 is 35.9 Å². The van der Waals surface area contributed by atoms with Crippen molar-refractivity contribution in [1.29, 1.82) is 0 Å². The predicted molar refractivity (Wildman–Crippen MR) is 97.3 cm³/mol. The van der Waals surface area contributed by atoms with E-state index in [4.69, 9.17) is 4.74 Å². The predicted octanol–water partition coefficient (Wildman–Crippen LogP) is 2.20. The van der Waals surface area contributed by atoms with Crippen LogP contribution in [0.25, 0.3) is 0 Å². The Hall–Kier alpha value is -2.42. The van der Waals surface area contributed by atoms with Gasteiger partial charge in [-0.3, -0.25) is 14.5 Å². The van der Waals surface area contributed by atoms with Crippen LogP contribution in [0.1, 0.15) is 47.5 Å². The molecule has 142 valence electrons. The lowest BCUT2D eigenvalue weighted by atomic mass is 9.93. The Bertz CT molecular complexity index is 767. The number of carbonyl (C=O) groups excluding carboxylic acids is 4. The maximum atomic E-state index is 12.6. The quantitative estimate of drug-likeness (QED) is 0.581. The molecule has 1 aliphatic heterocycles. The van der Waals surface area contributed by atoms with E-state index in [0.29, 0.717) is 17.8 Å². The number of ether oxygens (including phenoxy) is 1. The first-order valence-corrected chi connectivity index (χ1v) is 9.14. The van der Waals surface area contributed by atoms with E-state index in [2.05, 4.69) is 10.6 Å². The van der Waals surface area contributed by atoms with E-state index in [1.807, 2.05) is 20.8 Å². The average Bonchev–Trinajstić information content (AvgIpc) is 3.02. The molecule has 8 nitrogen and oxygen atoms in total. The minimum Gasteiger partial charge on any atom is -0.465 e. The van der Waals surface area contributed by atoms with Crippen molar-refractivity contribution in [3.05, 3.63) is 16.0 Å². The molecule has 1 aromatic heterocycles. The lowest BCUT2D eigenvalue weighted by Gasteiger charge is -2.22. The first-order chi connectivity index (χ1) is 12.2. The van der Waals surface area contributed by atoms with Gasteiger partial charge in [0.25, 0.3) is 5.91 Å². The van der Waals surface area contributed by atoms with Crippen LogP contribution in [0.5, 0.6) is 0 Å². The van der Waals surface area contributed by atoms with Gasteiger partial charge in [-0.05, 0) is 32.3 Å². The summed E-state index contributed by atoms with van der Waals surface area (Å²) in [6.07, 6.45) is 0.893. The summed E-state index contributed by atoms with van der Waals surface area (Å²) in [5.74, 6) is -1.51. The monoisotopic (exact) mass is 381 g/mol. The molecular formula is C17H23N3O5S. The number of hydrogen-bond donors (Lipinski definition) is 2. The minimum absolute atomic E-state index is 0.289. The Morgan fingerprint density at radius 2 is 1.85 bits per heavy atom. The number of methoxy groups -OCH3 is 1. The maximum absolute atomic E-state index is 12.6. The molecule has 0 atom stereocenters. The highest BCUT2D eigenvalue weighted by molar-refractivity contribution is 7.16. The van der Waals surface area contributed by atoms with Crippen LogP contribution in [0.15, 0.2) is 0 Å². The normalized spacial score (nSPS) is 15.8. The number of nitrogens with zero attached hydrogens (tertiary/aromatic N) is 1. The van der Waals surface area contributed by atoms with Crippen molar-refractivity contribution < 1.29 is 23.9 Å². The standard InChI is InChI=1S/C17H23N3O5S/c1-6-17(7-2)15(23)20(16(24)19-17)8-11(21)18-13-12(14(22)25-5)9(3)10(4)26-13/h6-8H2,1-5H3,(H,18,21)(H,19,24). The van der Waals surface area contributed by atoms with Crippen molar-refractivity contribution in [1.82, 2.24) is 10.2 Å². The van der Waals surface area contributed by atoms with Crippen LogP contribution in [-0.4, -0.2) is 47.9 Å². The number of amides is 4. The summed E-state index contributed by atoms with van der Waals surface area (Å²) in [6.45, 7) is 6.80. The smallest absolute Gasteiger partial charge is 0.341 e. The van der Waals surface area contributed by atoms with Gasteiger partial charge >= 0.3 is 12.0 Å². The van der Waals surface area contributed by atoms with Crippen LogP contribution in [-0.2, 0) is 14.3 Å². The number of imide groups is 1. The van der Waals surface area contributed by atoms with Crippen LogP contribution in [0, 0.1) is 13.8 Å². The fourth-order valence-corrected chi connectivity index (χ4v) is 3.99. The van der Waals surface area contributed by atoms with Gasteiger partial charge in [-0.1, -0.05) is 13.8 Å². The second-order valence-electron chi connectivity index (χ2n) is 6.14. The van der Waals surface area contributed by atoms with Gasteiger partial charge in [0.2, 0.25) is 5.91 Å². The Morgan fingerprint density at radius 1 is 1.23 bits per heavy atom. The van der Waals surface area contributed by atoms with Gasteiger partial charge in [0.05, 0.1) is 12.7 Å². The lowest BCUT2D eigenvalue weighted by molar-refractivity contribution is -0.134. The number of thiophene rings is 1. The first kappa shape index (κ1) is 19.9. The molecule has 26 heavy (non-hydrogen) atoms. The van der Waals surface area contributed by atoms with Crippen LogP contribution in [0.3, 0.4) is 0 Å². The van der Waals surface area contributed by atoms with Crippen molar-refractivity contribution >= 4 is 40.2 Å². The fourth-order valence-electron chi connectivity index (χ4n) is 2.92. The second-order valence-corrected chi connectivity index (χ2v) is 7.36. The van der Waals surface area contributed by atoms with Gasteiger partial charge in [-0.2, -0.15) is 0 Å². The number of nitrogens with one attached hydrogen (secondary N) is 2. The van der Waals surface area contributed by atoms with Crippen molar-refractivity contribution in [3.8, 4) is 0 Å². The third-order valence-electron chi connectivity index (χ3n) is 4.78. The number of rotatable bonds is 6. The van der Waals surface area contributed by atoms with Crippen molar-refractivity contribution in [3.63, 3.8) is 0 Å². The van der Waals surface area contributed by atoms with Crippen molar-refractivity contribution in [2.45, 2.75) is 46.1 Å². The highest BCUT2D eigenvalue weighted by atomic mass is 32.1. The van der Waals surface area contributed by atoms with E-state index in [0.717, 1.165) is 15.3 Å². The number of anilines is 1. The minimum atomic E-state index is -0.954. The van der Waals surface area contributed by atoms with Crippen LogP contribution in [0.2, 0.25) is 0 Å². The molecule has 0 aliphatic carbocycles. The second kappa shape index (κ2) is 7.45. The molecule has 2 rings (SSSR count). The summed E-state index contributed by atoms with van der Waals surface area (Å²) in [4.78, 5) is 50.8. The summed E-state index contributed by atoms with van der Waals surface area (Å²) in [5, 5.41) is 5.65. The summed E-state index contributed by atoms with van der Waals surface area (Å²) in [7, 11) is 1.27. The largest absolute Gasteiger partial charge is 0.465 e. The van der Waals surface area contributed by atoms with Gasteiger partial charge in [0, 0.05) is 4.88 Å². The maximum Gasteiger partial charge on any atom is 0.341 e. The molecule has 0 spiro atoms. The molecule has 1 fully saturated rings. The molecule has 1 aromatic rings. The van der Waals surface area contributed by atoms with Crippen molar-refractivity contribution in [2.24, 2.45) is 0 Å². The fraction of sp³-hybridized carbons (Fsp3) is 0.529. The lowest BCUT2D eigenvalue weighted by Crippen LogP contribution is -2.46. The van der Waals surface area contributed by atoms with E-state index in [9.17, 15) is 19.2 Å². The van der Waals surface area contributed by atoms with Gasteiger partial charge in [0.15, 0.2) is 0 Å². The zero-order valence-corrected chi connectivity index (χ0v) is 16.3. The molecule has 0 bridgehead atoms. The topological polar surface area (TPSA) is 105 Å². The van der Waals surface area contributed by atoms with E-state index in [1.165, 1.54) is 18.4 Å². The van der Waals surface area contributed by atoms with Gasteiger partial charge in [0.1, 0.15) is 17.1 Å². The van der Waals surface area contributed by atoms with Crippen molar-refractivity contribution in [2.75, 3.05) is 19.0 Å². The van der Waals surface area contributed by atoms with Gasteiger partial charge < -0.3 is 15.4 Å². The SMILES string of the molecule is CCC1(CC)NC(=O)N(CC(=O)Nc2sc(C)c(C)c2C(=O)OC)C1=O. The van der Waals surface area contributed by atoms with E-state index >= 15 is 0 Å². The van der Waals surface area contributed by atoms with E-state index in [-0.39, 0.29) is 5.56 Å². The van der Waals surface area contributed by atoms with Gasteiger partial charge in [-0.25, -0.2) is 9.59 Å². The third-order valence-corrected chi connectivity index (χ3v) is 5.91. The van der Waals surface area contributed by atoms with Crippen LogP contribution < -0.4 is 10.6 Å². The number of aryl methyl sites for hydroxylation is 1. The molecule has 2 N–H and O–H groups in total. The highest BCUT2D eigenvalue weighted by Gasteiger charge is 2.49. The Balaban J connectivity index is 2.18. The highest BCUT2D eigenvalue weighted by Crippen LogP contribution is 2.33. The van der Waals surface area contributed by atoms with E-state index in [1.54, 1.807) is 6.92 Å². The van der Waals surface area contributed by atoms with Crippen LogP contribution in [0.4, 0.5) is 9.80 Å².